The fourth-order valence-corrected chi connectivity index (χ4v) is 4.48. The van der Waals surface area contributed by atoms with Crippen LogP contribution in [-0.2, 0) is 21.4 Å². The molecule has 0 amide bonds. The number of hydrogen-bond donors (Lipinski definition) is 0. The molecule has 0 bridgehead atoms. The first-order chi connectivity index (χ1) is 11.1. The molecule has 0 saturated heterocycles. The molecule has 0 N–H and O–H groups in total. The van der Waals surface area contributed by atoms with Crippen LogP contribution in [0.4, 0.5) is 0 Å². The van der Waals surface area contributed by atoms with E-state index in [0.717, 1.165) is 38.5 Å². The molecule has 0 radical (unpaired) electrons. The molecule has 0 saturated carbocycles. The van der Waals surface area contributed by atoms with Crippen molar-refractivity contribution >= 4 is 5.97 Å². The number of carbonyl (C=O) groups is 1. The molecule has 23 heavy (non-hydrogen) atoms. The zero-order valence-corrected chi connectivity index (χ0v) is 14.7. The lowest BCUT2D eigenvalue weighted by atomic mass is 9.60. The van der Waals surface area contributed by atoms with E-state index in [2.05, 4.69) is 45.0 Å². The van der Waals surface area contributed by atoms with Gasteiger partial charge in [0.05, 0.1) is 12.0 Å². The maximum atomic E-state index is 13.2. The van der Waals surface area contributed by atoms with Crippen LogP contribution in [0.25, 0.3) is 0 Å². The van der Waals surface area contributed by atoms with Crippen molar-refractivity contribution in [1.82, 2.24) is 0 Å². The maximum Gasteiger partial charge on any atom is 0.317 e. The monoisotopic (exact) mass is 312 g/mol. The lowest BCUT2D eigenvalue weighted by Gasteiger charge is -2.43. The molecule has 0 heterocycles. The average molecular weight is 312 g/mol. The largest absolute Gasteiger partial charge is 0.465 e. The quantitative estimate of drug-likeness (QED) is 0.582. The SMILES string of the molecule is CCCOC(=O)[C@]12CC(C)=C(C)C[C@@H]1CCCc1ccccc12. The van der Waals surface area contributed by atoms with Crippen LogP contribution in [-0.4, -0.2) is 12.6 Å². The highest BCUT2D eigenvalue weighted by molar-refractivity contribution is 5.85. The number of hydrogen-bond acceptors (Lipinski definition) is 2. The van der Waals surface area contributed by atoms with Gasteiger partial charge in [-0.3, -0.25) is 4.79 Å². The second kappa shape index (κ2) is 6.51. The maximum absolute atomic E-state index is 13.2. The lowest BCUT2D eigenvalue weighted by molar-refractivity contribution is -0.153. The fraction of sp³-hybridized carbons (Fsp3) is 0.571. The number of carbonyl (C=O) groups excluding carboxylic acids is 1. The minimum atomic E-state index is -0.466. The number of fused-ring (bicyclic) bond motifs is 3. The van der Waals surface area contributed by atoms with Crippen molar-refractivity contribution < 1.29 is 9.53 Å². The van der Waals surface area contributed by atoms with Crippen LogP contribution >= 0.6 is 0 Å². The van der Waals surface area contributed by atoms with Crippen molar-refractivity contribution in [3.8, 4) is 0 Å². The molecule has 2 aliphatic carbocycles. The van der Waals surface area contributed by atoms with E-state index in [1.165, 1.54) is 22.3 Å². The molecule has 2 aliphatic rings. The third-order valence-electron chi connectivity index (χ3n) is 5.82. The predicted molar refractivity (Wildman–Crippen MR) is 93.4 cm³/mol. The van der Waals surface area contributed by atoms with Gasteiger partial charge in [-0.15, -0.1) is 0 Å². The molecule has 0 unspecified atom stereocenters. The van der Waals surface area contributed by atoms with Crippen molar-refractivity contribution in [2.24, 2.45) is 5.92 Å². The number of rotatable bonds is 3. The third kappa shape index (κ3) is 2.73. The van der Waals surface area contributed by atoms with Gasteiger partial charge in [0.15, 0.2) is 0 Å². The van der Waals surface area contributed by atoms with Crippen LogP contribution in [0.3, 0.4) is 0 Å². The van der Waals surface area contributed by atoms with Crippen molar-refractivity contribution in [2.45, 2.75) is 64.7 Å². The average Bonchev–Trinajstić information content (AvgIpc) is 2.71. The number of allylic oxidation sites excluding steroid dienone is 2. The van der Waals surface area contributed by atoms with Gasteiger partial charge in [0.2, 0.25) is 0 Å². The van der Waals surface area contributed by atoms with Crippen LogP contribution in [0.5, 0.6) is 0 Å². The second-order valence-corrected chi connectivity index (χ2v) is 7.30. The van der Waals surface area contributed by atoms with E-state index in [-0.39, 0.29) is 5.97 Å². The molecule has 124 valence electrons. The number of esters is 1. The second-order valence-electron chi connectivity index (χ2n) is 7.30. The van der Waals surface area contributed by atoms with Crippen molar-refractivity contribution in [2.75, 3.05) is 6.61 Å². The summed E-state index contributed by atoms with van der Waals surface area (Å²) >= 11 is 0. The summed E-state index contributed by atoms with van der Waals surface area (Å²) in [5.74, 6) is 0.379. The van der Waals surface area contributed by atoms with Crippen LogP contribution in [0.15, 0.2) is 35.4 Å². The summed E-state index contributed by atoms with van der Waals surface area (Å²) in [5.41, 5.74) is 4.94. The first kappa shape index (κ1) is 16.3. The van der Waals surface area contributed by atoms with Gasteiger partial charge in [0.1, 0.15) is 0 Å². The Balaban J connectivity index is 2.14. The molecule has 2 heteroatoms. The van der Waals surface area contributed by atoms with Gasteiger partial charge in [-0.25, -0.2) is 0 Å². The normalized spacial score (nSPS) is 27.0. The molecule has 0 spiro atoms. The van der Waals surface area contributed by atoms with E-state index in [1.54, 1.807) is 0 Å². The Morgan fingerprint density at radius 1 is 1.26 bits per heavy atom. The zero-order valence-electron chi connectivity index (χ0n) is 14.7. The van der Waals surface area contributed by atoms with Gasteiger partial charge in [0.25, 0.3) is 0 Å². The number of benzene rings is 1. The van der Waals surface area contributed by atoms with Gasteiger partial charge in [0, 0.05) is 0 Å². The molecular formula is C21H28O2. The van der Waals surface area contributed by atoms with Gasteiger partial charge in [-0.2, -0.15) is 0 Å². The smallest absolute Gasteiger partial charge is 0.317 e. The van der Waals surface area contributed by atoms with Crippen molar-refractivity contribution in [1.29, 1.82) is 0 Å². The lowest BCUT2D eigenvalue weighted by Crippen LogP contribution is -2.46. The Kier molecular flexibility index (Phi) is 4.61. The highest BCUT2D eigenvalue weighted by Crippen LogP contribution is 2.51. The third-order valence-corrected chi connectivity index (χ3v) is 5.82. The number of aryl methyl sites for hydroxylation is 1. The molecule has 0 fully saturated rings. The summed E-state index contributed by atoms with van der Waals surface area (Å²) in [6, 6.07) is 8.56. The minimum absolute atomic E-state index is 0.00514. The summed E-state index contributed by atoms with van der Waals surface area (Å²) in [6.07, 6.45) is 6.08. The Morgan fingerprint density at radius 3 is 2.83 bits per heavy atom. The minimum Gasteiger partial charge on any atom is -0.465 e. The summed E-state index contributed by atoms with van der Waals surface area (Å²) in [6.45, 7) is 7.00. The molecule has 1 aromatic carbocycles. The molecule has 2 nitrogen and oxygen atoms in total. The molecular weight excluding hydrogens is 284 g/mol. The first-order valence-corrected chi connectivity index (χ1v) is 9.00. The highest BCUT2D eigenvalue weighted by atomic mass is 16.5. The Hall–Kier alpha value is -1.57. The van der Waals surface area contributed by atoms with Gasteiger partial charge >= 0.3 is 5.97 Å². The summed E-state index contributed by atoms with van der Waals surface area (Å²) in [7, 11) is 0. The van der Waals surface area contributed by atoms with Crippen molar-refractivity contribution in [3.63, 3.8) is 0 Å². The molecule has 2 atom stereocenters. The van der Waals surface area contributed by atoms with Gasteiger partial charge in [-0.1, -0.05) is 42.3 Å². The summed E-state index contributed by atoms with van der Waals surface area (Å²) in [4.78, 5) is 13.2. The molecule has 0 aliphatic heterocycles. The summed E-state index contributed by atoms with van der Waals surface area (Å²) < 4.78 is 5.73. The van der Waals surface area contributed by atoms with E-state index >= 15 is 0 Å². The standard InChI is InChI=1S/C21H28O2/c1-4-12-23-20(22)21-14-16(3)15(2)13-18(21)10-7-9-17-8-5-6-11-19(17)21/h5-6,8,11,18H,4,7,9-10,12-14H2,1-3H3/t18-,21+/m0/s1. The van der Waals surface area contributed by atoms with Crippen molar-refractivity contribution in [3.05, 3.63) is 46.5 Å². The fourth-order valence-electron chi connectivity index (χ4n) is 4.48. The predicted octanol–water partition coefficient (Wildman–Crippen LogP) is 4.96. The topological polar surface area (TPSA) is 26.3 Å². The van der Waals surface area contributed by atoms with Crippen LogP contribution in [0.2, 0.25) is 0 Å². The first-order valence-electron chi connectivity index (χ1n) is 9.00. The van der Waals surface area contributed by atoms with E-state index in [1.807, 2.05) is 0 Å². The van der Waals surface area contributed by atoms with Gasteiger partial charge in [-0.05, 0) is 69.4 Å². The van der Waals surface area contributed by atoms with E-state index in [9.17, 15) is 4.79 Å². The van der Waals surface area contributed by atoms with Crippen LogP contribution in [0, 0.1) is 5.92 Å². The Bertz CT molecular complexity index is 628. The van der Waals surface area contributed by atoms with E-state index < -0.39 is 5.41 Å². The van der Waals surface area contributed by atoms with E-state index in [0.29, 0.717) is 12.5 Å². The van der Waals surface area contributed by atoms with Crippen LogP contribution in [0.1, 0.15) is 64.0 Å². The molecule has 1 aromatic rings. The Labute approximate surface area is 139 Å². The molecule has 0 aromatic heterocycles. The Morgan fingerprint density at radius 2 is 2.04 bits per heavy atom. The molecule has 3 rings (SSSR count). The van der Waals surface area contributed by atoms with Gasteiger partial charge < -0.3 is 4.74 Å². The number of ether oxygens (including phenoxy) is 1. The summed E-state index contributed by atoms with van der Waals surface area (Å²) in [5, 5.41) is 0. The highest BCUT2D eigenvalue weighted by Gasteiger charge is 2.51. The van der Waals surface area contributed by atoms with E-state index in [4.69, 9.17) is 4.74 Å². The van der Waals surface area contributed by atoms with Crippen LogP contribution < -0.4 is 0 Å². The zero-order chi connectivity index (χ0) is 16.4.